The van der Waals surface area contributed by atoms with Crippen LogP contribution in [0.3, 0.4) is 0 Å². The maximum atomic E-state index is 4.34. The summed E-state index contributed by atoms with van der Waals surface area (Å²) in [6.07, 6.45) is 4.24. The molecule has 1 unspecified atom stereocenters. The van der Waals surface area contributed by atoms with Crippen molar-refractivity contribution in [1.29, 1.82) is 0 Å². The van der Waals surface area contributed by atoms with Crippen LogP contribution >= 0.6 is 11.3 Å². The average Bonchev–Trinajstić information content (AvgIpc) is 2.64. The van der Waals surface area contributed by atoms with Gasteiger partial charge in [0, 0.05) is 11.6 Å². The van der Waals surface area contributed by atoms with Gasteiger partial charge in [-0.15, -0.1) is 11.3 Å². The van der Waals surface area contributed by atoms with Crippen LogP contribution < -0.4 is 5.32 Å². The molecule has 80 valence electrons. The van der Waals surface area contributed by atoms with Gasteiger partial charge >= 0.3 is 0 Å². The standard InChI is InChI=1S/C11H20N2S/c1-4-10(11-13-7-8-14-11)12-6-5-9(2)3/h7-10,12H,4-6H2,1-3H3. The van der Waals surface area contributed by atoms with Crippen LogP contribution in [0.2, 0.25) is 0 Å². The van der Waals surface area contributed by atoms with Crippen LogP contribution in [0, 0.1) is 5.92 Å². The van der Waals surface area contributed by atoms with E-state index in [1.165, 1.54) is 11.4 Å². The zero-order valence-electron chi connectivity index (χ0n) is 9.29. The summed E-state index contributed by atoms with van der Waals surface area (Å²) < 4.78 is 0. The molecule has 3 heteroatoms. The van der Waals surface area contributed by atoms with E-state index >= 15 is 0 Å². The molecule has 14 heavy (non-hydrogen) atoms. The third-order valence-corrected chi connectivity index (χ3v) is 3.16. The van der Waals surface area contributed by atoms with Gasteiger partial charge < -0.3 is 5.32 Å². The summed E-state index contributed by atoms with van der Waals surface area (Å²) in [7, 11) is 0. The van der Waals surface area contributed by atoms with Gasteiger partial charge in [0.1, 0.15) is 5.01 Å². The predicted octanol–water partition coefficient (Wildman–Crippen LogP) is 3.23. The molecule has 1 aromatic rings. The molecule has 0 aliphatic carbocycles. The van der Waals surface area contributed by atoms with Crippen LogP contribution in [0.25, 0.3) is 0 Å². The smallest absolute Gasteiger partial charge is 0.109 e. The summed E-state index contributed by atoms with van der Waals surface area (Å²) in [5, 5.41) is 6.81. The Labute approximate surface area is 90.8 Å². The molecule has 0 bridgehead atoms. The fourth-order valence-corrected chi connectivity index (χ4v) is 2.16. The highest BCUT2D eigenvalue weighted by Crippen LogP contribution is 2.18. The number of aromatic nitrogens is 1. The van der Waals surface area contributed by atoms with Crippen molar-refractivity contribution in [3.63, 3.8) is 0 Å². The van der Waals surface area contributed by atoms with Gasteiger partial charge in [-0.1, -0.05) is 20.8 Å². The second-order valence-electron chi connectivity index (χ2n) is 3.97. The first-order chi connectivity index (χ1) is 6.74. The van der Waals surface area contributed by atoms with Crippen molar-refractivity contribution < 1.29 is 0 Å². The van der Waals surface area contributed by atoms with Gasteiger partial charge in [0.15, 0.2) is 0 Å². The third-order valence-electron chi connectivity index (χ3n) is 2.27. The molecule has 0 aliphatic rings. The second kappa shape index (κ2) is 6.14. The normalized spacial score (nSPS) is 13.4. The molecule has 0 saturated carbocycles. The third kappa shape index (κ3) is 3.76. The Bertz CT molecular complexity index is 231. The lowest BCUT2D eigenvalue weighted by Gasteiger charge is -2.15. The summed E-state index contributed by atoms with van der Waals surface area (Å²) >= 11 is 1.74. The van der Waals surface area contributed by atoms with Crippen LogP contribution in [0.5, 0.6) is 0 Å². The minimum atomic E-state index is 0.453. The number of rotatable bonds is 6. The molecule has 0 saturated heterocycles. The van der Waals surface area contributed by atoms with Crippen molar-refractivity contribution in [3.8, 4) is 0 Å². The molecule has 1 aromatic heterocycles. The minimum absolute atomic E-state index is 0.453. The number of thiazole rings is 1. The van der Waals surface area contributed by atoms with Crippen molar-refractivity contribution >= 4 is 11.3 Å². The molecule has 1 N–H and O–H groups in total. The fraction of sp³-hybridized carbons (Fsp3) is 0.727. The van der Waals surface area contributed by atoms with Gasteiger partial charge in [-0.3, -0.25) is 0 Å². The van der Waals surface area contributed by atoms with E-state index in [0.29, 0.717) is 6.04 Å². The Morgan fingerprint density at radius 3 is 2.79 bits per heavy atom. The van der Waals surface area contributed by atoms with Crippen molar-refractivity contribution in [2.45, 2.75) is 39.7 Å². The highest BCUT2D eigenvalue weighted by molar-refractivity contribution is 7.09. The van der Waals surface area contributed by atoms with Gasteiger partial charge in [0.25, 0.3) is 0 Å². The molecular formula is C11H20N2S. The summed E-state index contributed by atoms with van der Waals surface area (Å²) in [4.78, 5) is 4.34. The van der Waals surface area contributed by atoms with Gasteiger partial charge in [-0.25, -0.2) is 4.98 Å². The zero-order valence-corrected chi connectivity index (χ0v) is 10.1. The largest absolute Gasteiger partial charge is 0.308 e. The van der Waals surface area contributed by atoms with E-state index in [-0.39, 0.29) is 0 Å². The SMILES string of the molecule is CCC(NCCC(C)C)c1nccs1. The first-order valence-electron chi connectivity index (χ1n) is 5.36. The summed E-state index contributed by atoms with van der Waals surface area (Å²) in [5.41, 5.74) is 0. The van der Waals surface area contributed by atoms with Crippen LogP contribution in [0.1, 0.15) is 44.7 Å². The molecule has 2 nitrogen and oxygen atoms in total. The lowest BCUT2D eigenvalue weighted by Crippen LogP contribution is -2.22. The number of hydrogen-bond donors (Lipinski definition) is 1. The fourth-order valence-electron chi connectivity index (χ4n) is 1.36. The molecule has 0 radical (unpaired) electrons. The lowest BCUT2D eigenvalue weighted by atomic mass is 10.1. The summed E-state index contributed by atoms with van der Waals surface area (Å²) in [5.74, 6) is 0.774. The molecule has 0 aliphatic heterocycles. The van der Waals surface area contributed by atoms with Gasteiger partial charge in [0.2, 0.25) is 0 Å². The van der Waals surface area contributed by atoms with E-state index in [9.17, 15) is 0 Å². The van der Waals surface area contributed by atoms with E-state index in [2.05, 4.69) is 31.1 Å². The van der Waals surface area contributed by atoms with Crippen LogP contribution in [-0.2, 0) is 0 Å². The molecule has 0 amide bonds. The topological polar surface area (TPSA) is 24.9 Å². The van der Waals surface area contributed by atoms with Crippen molar-refractivity contribution in [1.82, 2.24) is 10.3 Å². The van der Waals surface area contributed by atoms with Crippen molar-refractivity contribution in [3.05, 3.63) is 16.6 Å². The monoisotopic (exact) mass is 212 g/mol. The van der Waals surface area contributed by atoms with E-state index in [1.807, 2.05) is 11.6 Å². The van der Waals surface area contributed by atoms with Crippen molar-refractivity contribution in [2.75, 3.05) is 6.54 Å². The Balaban J connectivity index is 2.33. The Morgan fingerprint density at radius 1 is 1.50 bits per heavy atom. The average molecular weight is 212 g/mol. The zero-order chi connectivity index (χ0) is 10.4. The van der Waals surface area contributed by atoms with Crippen LogP contribution in [0.15, 0.2) is 11.6 Å². The number of nitrogens with one attached hydrogen (secondary N) is 1. The van der Waals surface area contributed by atoms with E-state index < -0.39 is 0 Å². The lowest BCUT2D eigenvalue weighted by molar-refractivity contribution is 0.469. The maximum Gasteiger partial charge on any atom is 0.109 e. The van der Waals surface area contributed by atoms with Gasteiger partial charge in [-0.05, 0) is 25.3 Å². The number of hydrogen-bond acceptors (Lipinski definition) is 3. The molecular weight excluding hydrogens is 192 g/mol. The highest BCUT2D eigenvalue weighted by atomic mass is 32.1. The van der Waals surface area contributed by atoms with Crippen LogP contribution in [0.4, 0.5) is 0 Å². The quantitative estimate of drug-likeness (QED) is 0.783. The summed E-state index contributed by atoms with van der Waals surface area (Å²) in [6, 6.07) is 0.453. The Kier molecular flexibility index (Phi) is 5.12. The van der Waals surface area contributed by atoms with Crippen molar-refractivity contribution in [2.24, 2.45) is 5.92 Å². The number of nitrogens with zero attached hydrogens (tertiary/aromatic N) is 1. The maximum absolute atomic E-state index is 4.34. The van der Waals surface area contributed by atoms with E-state index in [0.717, 1.165) is 18.9 Å². The molecule has 1 heterocycles. The first-order valence-corrected chi connectivity index (χ1v) is 6.24. The highest BCUT2D eigenvalue weighted by Gasteiger charge is 2.10. The molecule has 1 atom stereocenters. The Hall–Kier alpha value is -0.410. The second-order valence-corrected chi connectivity index (χ2v) is 4.89. The molecule has 0 aromatic carbocycles. The molecule has 0 spiro atoms. The van der Waals surface area contributed by atoms with E-state index in [4.69, 9.17) is 0 Å². The molecule has 0 fully saturated rings. The molecule has 1 rings (SSSR count). The van der Waals surface area contributed by atoms with E-state index in [1.54, 1.807) is 11.3 Å². The summed E-state index contributed by atoms with van der Waals surface area (Å²) in [6.45, 7) is 7.81. The van der Waals surface area contributed by atoms with Crippen LogP contribution in [-0.4, -0.2) is 11.5 Å². The Morgan fingerprint density at radius 2 is 2.29 bits per heavy atom. The minimum Gasteiger partial charge on any atom is -0.308 e. The predicted molar refractivity (Wildman–Crippen MR) is 62.6 cm³/mol. The first kappa shape index (κ1) is 11.7. The van der Waals surface area contributed by atoms with Gasteiger partial charge in [-0.2, -0.15) is 0 Å². The van der Waals surface area contributed by atoms with Gasteiger partial charge in [0.05, 0.1) is 6.04 Å².